The van der Waals surface area contributed by atoms with Gasteiger partial charge in [-0.15, -0.1) is 11.3 Å². The maximum Gasteiger partial charge on any atom is 0.237 e. The SMILES string of the molecule is C[SiH](Oc1ccc2nc(-c3ccc(N)nc3)sc2c1)C(C)(C)C. The van der Waals surface area contributed by atoms with Crippen LogP contribution >= 0.6 is 11.3 Å². The number of nitrogen functional groups attached to an aromatic ring is 1. The highest BCUT2D eigenvalue weighted by Gasteiger charge is 2.24. The van der Waals surface area contributed by atoms with Gasteiger partial charge in [-0.1, -0.05) is 20.8 Å². The highest BCUT2D eigenvalue weighted by molar-refractivity contribution is 7.21. The van der Waals surface area contributed by atoms with E-state index in [9.17, 15) is 0 Å². The Morgan fingerprint density at radius 3 is 2.61 bits per heavy atom. The largest absolute Gasteiger partial charge is 0.546 e. The van der Waals surface area contributed by atoms with E-state index in [0.717, 1.165) is 26.5 Å². The highest BCUT2D eigenvalue weighted by Crippen LogP contribution is 2.34. The summed E-state index contributed by atoms with van der Waals surface area (Å²) in [5.74, 6) is 1.46. The van der Waals surface area contributed by atoms with Gasteiger partial charge in [0.25, 0.3) is 0 Å². The molecule has 23 heavy (non-hydrogen) atoms. The molecule has 2 heterocycles. The molecule has 2 N–H and O–H groups in total. The fourth-order valence-corrected chi connectivity index (χ4v) is 3.91. The van der Waals surface area contributed by atoms with Gasteiger partial charge in [-0.25, -0.2) is 9.97 Å². The topological polar surface area (TPSA) is 61.0 Å². The van der Waals surface area contributed by atoms with Gasteiger partial charge in [-0.05, 0) is 41.9 Å². The Labute approximate surface area is 142 Å². The second-order valence-corrected chi connectivity index (χ2v) is 11.0. The van der Waals surface area contributed by atoms with E-state index in [4.69, 9.17) is 10.2 Å². The third-order valence-electron chi connectivity index (χ3n) is 3.93. The molecule has 0 aliphatic rings. The molecule has 1 atom stereocenters. The number of pyridine rings is 1. The summed E-state index contributed by atoms with van der Waals surface area (Å²) >= 11 is 1.65. The number of aromatic nitrogens is 2. The maximum atomic E-state index is 6.21. The average Bonchev–Trinajstić information content (AvgIpc) is 2.90. The molecule has 6 heteroatoms. The standard InChI is InChI=1S/C17H21N3OSSi/c1-17(2,3)23(4)21-12-6-7-13-14(9-12)22-16(20-13)11-5-8-15(18)19-10-11/h5-10,23H,1-4H3,(H2,18,19). The molecular weight excluding hydrogens is 322 g/mol. The lowest BCUT2D eigenvalue weighted by atomic mass is 10.3. The monoisotopic (exact) mass is 343 g/mol. The van der Waals surface area contributed by atoms with E-state index in [2.05, 4.69) is 43.4 Å². The molecule has 3 aromatic rings. The van der Waals surface area contributed by atoms with Crippen molar-refractivity contribution in [2.24, 2.45) is 0 Å². The van der Waals surface area contributed by atoms with Crippen LogP contribution in [0.5, 0.6) is 5.75 Å². The van der Waals surface area contributed by atoms with Gasteiger partial charge < -0.3 is 10.2 Å². The fraction of sp³-hybridized carbons (Fsp3) is 0.294. The van der Waals surface area contributed by atoms with Crippen LogP contribution < -0.4 is 10.2 Å². The molecule has 2 aromatic heterocycles. The average molecular weight is 344 g/mol. The predicted octanol–water partition coefficient (Wildman–Crippen LogP) is 4.47. The van der Waals surface area contributed by atoms with Crippen LogP contribution in [0.4, 0.5) is 5.82 Å². The van der Waals surface area contributed by atoms with Crippen molar-refractivity contribution in [1.29, 1.82) is 0 Å². The molecule has 0 aliphatic heterocycles. The highest BCUT2D eigenvalue weighted by atomic mass is 32.1. The minimum absolute atomic E-state index is 0.240. The lowest BCUT2D eigenvalue weighted by Crippen LogP contribution is -2.28. The van der Waals surface area contributed by atoms with Crippen molar-refractivity contribution in [3.8, 4) is 16.3 Å². The predicted molar refractivity (Wildman–Crippen MR) is 101 cm³/mol. The molecule has 1 aromatic carbocycles. The number of nitrogens with two attached hydrogens (primary N) is 1. The number of anilines is 1. The van der Waals surface area contributed by atoms with Gasteiger partial charge in [0.15, 0.2) is 0 Å². The third kappa shape index (κ3) is 3.54. The molecule has 0 spiro atoms. The zero-order valence-electron chi connectivity index (χ0n) is 13.8. The molecule has 0 fully saturated rings. The van der Waals surface area contributed by atoms with Crippen LogP contribution in [0.25, 0.3) is 20.8 Å². The summed E-state index contributed by atoms with van der Waals surface area (Å²) in [4.78, 5) is 8.81. The molecular formula is C17H21N3OSSi. The number of hydrogen-bond acceptors (Lipinski definition) is 5. The summed E-state index contributed by atoms with van der Waals surface area (Å²) in [6.45, 7) is 8.95. The summed E-state index contributed by atoms with van der Waals surface area (Å²) < 4.78 is 7.34. The zero-order chi connectivity index (χ0) is 16.6. The van der Waals surface area contributed by atoms with Crippen molar-refractivity contribution in [3.05, 3.63) is 36.5 Å². The minimum atomic E-state index is -1.30. The molecule has 1 unspecified atom stereocenters. The molecule has 0 bridgehead atoms. The lowest BCUT2D eigenvalue weighted by molar-refractivity contribution is 0.521. The number of thiazole rings is 1. The van der Waals surface area contributed by atoms with Crippen LogP contribution in [0, 0.1) is 0 Å². The molecule has 0 aliphatic carbocycles. The van der Waals surface area contributed by atoms with Crippen molar-refractivity contribution in [2.75, 3.05) is 5.73 Å². The minimum Gasteiger partial charge on any atom is -0.546 e. The van der Waals surface area contributed by atoms with Crippen molar-refractivity contribution >= 4 is 36.4 Å². The van der Waals surface area contributed by atoms with Crippen LogP contribution in [0.3, 0.4) is 0 Å². The van der Waals surface area contributed by atoms with Gasteiger partial charge in [0, 0.05) is 11.8 Å². The first-order valence-corrected chi connectivity index (χ1v) is 10.6. The first kappa shape index (κ1) is 16.0. The maximum absolute atomic E-state index is 6.21. The summed E-state index contributed by atoms with van der Waals surface area (Å²) in [6.07, 6.45) is 1.76. The summed E-state index contributed by atoms with van der Waals surface area (Å²) in [6, 6.07) is 9.89. The zero-order valence-corrected chi connectivity index (χ0v) is 15.8. The number of hydrogen-bond donors (Lipinski definition) is 1. The fourth-order valence-electron chi connectivity index (χ4n) is 2.01. The van der Waals surface area contributed by atoms with Crippen LogP contribution in [0.15, 0.2) is 36.5 Å². The first-order valence-electron chi connectivity index (χ1n) is 7.62. The van der Waals surface area contributed by atoms with E-state index < -0.39 is 9.04 Å². The van der Waals surface area contributed by atoms with Crippen molar-refractivity contribution in [1.82, 2.24) is 9.97 Å². The van der Waals surface area contributed by atoms with Crippen LogP contribution in [-0.4, -0.2) is 19.0 Å². The molecule has 3 rings (SSSR count). The third-order valence-corrected chi connectivity index (χ3v) is 8.06. The van der Waals surface area contributed by atoms with Crippen LogP contribution in [-0.2, 0) is 0 Å². The molecule has 0 saturated heterocycles. The molecule has 0 saturated carbocycles. The second-order valence-electron chi connectivity index (χ2n) is 6.75. The Bertz CT molecular complexity index is 824. The molecule has 120 valence electrons. The van der Waals surface area contributed by atoms with Gasteiger partial charge in [0.1, 0.15) is 16.6 Å². The van der Waals surface area contributed by atoms with Crippen LogP contribution in [0.2, 0.25) is 11.6 Å². The Kier molecular flexibility index (Phi) is 4.12. The summed E-state index contributed by atoms with van der Waals surface area (Å²) in [5.41, 5.74) is 7.61. The Morgan fingerprint density at radius 1 is 1.17 bits per heavy atom. The molecule has 0 radical (unpaired) electrons. The van der Waals surface area contributed by atoms with Crippen molar-refractivity contribution in [2.45, 2.75) is 32.4 Å². The smallest absolute Gasteiger partial charge is 0.237 e. The van der Waals surface area contributed by atoms with Crippen molar-refractivity contribution in [3.63, 3.8) is 0 Å². The Balaban J connectivity index is 1.90. The van der Waals surface area contributed by atoms with Gasteiger partial charge in [-0.2, -0.15) is 0 Å². The lowest BCUT2D eigenvalue weighted by Gasteiger charge is -2.26. The number of benzene rings is 1. The molecule has 4 nitrogen and oxygen atoms in total. The van der Waals surface area contributed by atoms with Crippen LogP contribution in [0.1, 0.15) is 20.8 Å². The van der Waals surface area contributed by atoms with E-state index in [1.807, 2.05) is 18.2 Å². The van der Waals surface area contributed by atoms with Crippen molar-refractivity contribution < 1.29 is 4.43 Å². The van der Waals surface area contributed by atoms with Gasteiger partial charge >= 0.3 is 0 Å². The second kappa shape index (κ2) is 5.94. The van der Waals surface area contributed by atoms with Gasteiger partial charge in [-0.3, -0.25) is 0 Å². The quantitative estimate of drug-likeness (QED) is 0.713. The first-order chi connectivity index (χ1) is 10.8. The molecule has 0 amide bonds. The normalized spacial score (nSPS) is 13.2. The number of fused-ring (bicyclic) bond motifs is 1. The Hall–Kier alpha value is -1.92. The Morgan fingerprint density at radius 2 is 1.96 bits per heavy atom. The van der Waals surface area contributed by atoms with E-state index in [-0.39, 0.29) is 5.04 Å². The van der Waals surface area contributed by atoms with Gasteiger partial charge in [0.2, 0.25) is 9.04 Å². The van der Waals surface area contributed by atoms with Gasteiger partial charge in [0.05, 0.1) is 10.2 Å². The van der Waals surface area contributed by atoms with E-state index in [1.165, 1.54) is 0 Å². The number of rotatable bonds is 3. The van der Waals surface area contributed by atoms with E-state index in [0.29, 0.717) is 5.82 Å². The van der Waals surface area contributed by atoms with E-state index in [1.54, 1.807) is 23.6 Å². The number of nitrogens with zero attached hydrogens (tertiary/aromatic N) is 2. The summed E-state index contributed by atoms with van der Waals surface area (Å²) in [7, 11) is -1.30. The summed E-state index contributed by atoms with van der Waals surface area (Å²) in [5, 5.41) is 1.19. The van der Waals surface area contributed by atoms with E-state index >= 15 is 0 Å².